The number of nitrogens with zero attached hydrogens (tertiary/aromatic N) is 1. The van der Waals surface area contributed by atoms with Crippen LogP contribution < -0.4 is 19.1 Å². The lowest BCUT2D eigenvalue weighted by Gasteiger charge is -2.30. The minimum absolute atomic E-state index is 0.262. The molecule has 1 atom stereocenters. The Morgan fingerprint density at radius 2 is 1.90 bits per heavy atom. The highest BCUT2D eigenvalue weighted by Gasteiger charge is 2.31. The lowest BCUT2D eigenvalue weighted by Crippen LogP contribution is -2.50. The molecule has 0 saturated heterocycles. The van der Waals surface area contributed by atoms with E-state index < -0.39 is 16.1 Å². The van der Waals surface area contributed by atoms with Gasteiger partial charge in [-0.3, -0.25) is 9.10 Å². The molecule has 0 radical (unpaired) electrons. The van der Waals surface area contributed by atoms with Gasteiger partial charge in [-0.2, -0.15) is 0 Å². The van der Waals surface area contributed by atoms with Crippen LogP contribution in [0.25, 0.3) is 0 Å². The molecule has 0 saturated carbocycles. The third-order valence-corrected chi connectivity index (χ3v) is 5.82. The number of hydrogen-bond donors (Lipinski definition) is 1. The molecule has 2 rings (SSSR count). The molecule has 8 heteroatoms. The molecule has 0 bridgehead atoms. The molecule has 0 fully saturated rings. The van der Waals surface area contributed by atoms with Crippen LogP contribution in [0.5, 0.6) is 11.5 Å². The third-order valence-electron chi connectivity index (χ3n) is 4.64. The lowest BCUT2D eigenvalue weighted by molar-refractivity contribution is -0.122. The fourth-order valence-corrected chi connectivity index (χ4v) is 4.33. The molecular formula is C22H30N2O5S. The lowest BCUT2D eigenvalue weighted by atomic mass is 10.1. The number of carbonyl (C=O) groups is 1. The van der Waals surface area contributed by atoms with Crippen molar-refractivity contribution in [2.75, 3.05) is 30.8 Å². The molecule has 2 aromatic rings. The summed E-state index contributed by atoms with van der Waals surface area (Å²) in [6, 6.07) is 11.7. The van der Waals surface area contributed by atoms with E-state index in [1.54, 1.807) is 31.2 Å². The van der Waals surface area contributed by atoms with Crippen LogP contribution in [0.15, 0.2) is 42.5 Å². The van der Waals surface area contributed by atoms with Gasteiger partial charge in [-0.1, -0.05) is 25.1 Å². The van der Waals surface area contributed by atoms with Gasteiger partial charge in [0.2, 0.25) is 15.9 Å². The minimum atomic E-state index is -3.70. The van der Waals surface area contributed by atoms with Crippen molar-refractivity contribution in [1.29, 1.82) is 0 Å². The monoisotopic (exact) mass is 434 g/mol. The first kappa shape index (κ1) is 23.5. The smallest absolute Gasteiger partial charge is 0.244 e. The molecule has 0 aliphatic heterocycles. The van der Waals surface area contributed by atoms with Crippen LogP contribution in [0.2, 0.25) is 0 Å². The minimum Gasteiger partial charge on any atom is -0.497 e. The van der Waals surface area contributed by atoms with Gasteiger partial charge >= 0.3 is 0 Å². The Balaban J connectivity index is 2.09. The number of aryl methyl sites for hydroxylation is 2. The summed E-state index contributed by atoms with van der Waals surface area (Å²) < 4.78 is 37.1. The van der Waals surface area contributed by atoms with Gasteiger partial charge in [0.25, 0.3) is 0 Å². The Morgan fingerprint density at radius 1 is 1.17 bits per heavy atom. The number of carbonyl (C=O) groups excluding carboxylic acids is 1. The molecule has 1 N–H and O–H groups in total. The summed E-state index contributed by atoms with van der Waals surface area (Å²) >= 11 is 0. The van der Waals surface area contributed by atoms with Gasteiger partial charge in [-0.25, -0.2) is 8.42 Å². The number of anilines is 1. The second-order valence-corrected chi connectivity index (χ2v) is 8.95. The molecule has 0 aliphatic carbocycles. The second kappa shape index (κ2) is 10.3. The van der Waals surface area contributed by atoms with Gasteiger partial charge < -0.3 is 14.8 Å². The zero-order valence-corrected chi connectivity index (χ0v) is 19.0. The van der Waals surface area contributed by atoms with Gasteiger partial charge in [-0.05, 0) is 49.6 Å². The second-order valence-electron chi connectivity index (χ2n) is 7.09. The highest BCUT2D eigenvalue weighted by Crippen LogP contribution is 2.26. The van der Waals surface area contributed by atoms with E-state index in [-0.39, 0.29) is 19.1 Å². The number of amides is 1. The summed E-state index contributed by atoms with van der Waals surface area (Å²) in [4.78, 5) is 12.8. The molecule has 1 amide bonds. The molecule has 0 aliphatic rings. The molecule has 0 heterocycles. The summed E-state index contributed by atoms with van der Waals surface area (Å²) in [7, 11) is -2.19. The van der Waals surface area contributed by atoms with Crippen LogP contribution >= 0.6 is 0 Å². The number of methoxy groups -OCH3 is 1. The van der Waals surface area contributed by atoms with Crippen LogP contribution in [-0.2, 0) is 14.8 Å². The summed E-state index contributed by atoms with van der Waals surface area (Å²) in [6.07, 6.45) is 1.40. The number of hydrogen-bond acceptors (Lipinski definition) is 5. The van der Waals surface area contributed by atoms with E-state index in [2.05, 4.69) is 5.32 Å². The van der Waals surface area contributed by atoms with Crippen molar-refractivity contribution in [2.24, 2.45) is 0 Å². The van der Waals surface area contributed by atoms with E-state index in [0.717, 1.165) is 27.4 Å². The van der Waals surface area contributed by atoms with E-state index in [1.165, 1.54) is 7.11 Å². The van der Waals surface area contributed by atoms with Crippen molar-refractivity contribution < 1.29 is 22.7 Å². The predicted octanol–water partition coefficient (Wildman–Crippen LogP) is 3.05. The first-order valence-corrected chi connectivity index (χ1v) is 11.6. The average Bonchev–Trinajstić information content (AvgIpc) is 2.70. The molecular weight excluding hydrogens is 404 g/mol. The molecule has 0 aromatic heterocycles. The van der Waals surface area contributed by atoms with Crippen molar-refractivity contribution >= 4 is 21.6 Å². The van der Waals surface area contributed by atoms with Gasteiger partial charge in [0.15, 0.2) is 0 Å². The molecule has 0 spiro atoms. The molecule has 164 valence electrons. The molecule has 30 heavy (non-hydrogen) atoms. The zero-order valence-electron chi connectivity index (χ0n) is 18.1. The van der Waals surface area contributed by atoms with Crippen LogP contribution in [-0.4, -0.2) is 46.9 Å². The van der Waals surface area contributed by atoms with Crippen LogP contribution in [0.4, 0.5) is 5.69 Å². The summed E-state index contributed by atoms with van der Waals surface area (Å²) in [6.45, 7) is 6.26. The topological polar surface area (TPSA) is 84.9 Å². The quantitative estimate of drug-likeness (QED) is 0.581. The van der Waals surface area contributed by atoms with Crippen LogP contribution in [0.1, 0.15) is 24.5 Å². The highest BCUT2D eigenvalue weighted by molar-refractivity contribution is 7.92. The summed E-state index contributed by atoms with van der Waals surface area (Å²) in [5, 5.41) is 2.79. The van der Waals surface area contributed by atoms with Gasteiger partial charge in [0.05, 0.1) is 25.6 Å². The highest BCUT2D eigenvalue weighted by atomic mass is 32.2. The first-order chi connectivity index (χ1) is 14.2. The van der Waals surface area contributed by atoms with Gasteiger partial charge in [0, 0.05) is 6.07 Å². The average molecular weight is 435 g/mol. The van der Waals surface area contributed by atoms with E-state index in [9.17, 15) is 13.2 Å². The van der Waals surface area contributed by atoms with Crippen molar-refractivity contribution in [1.82, 2.24) is 5.32 Å². The number of nitrogens with one attached hydrogen (secondary N) is 1. The normalized spacial score (nSPS) is 12.2. The van der Waals surface area contributed by atoms with Crippen molar-refractivity contribution in [2.45, 2.75) is 33.2 Å². The van der Waals surface area contributed by atoms with Crippen molar-refractivity contribution in [3.63, 3.8) is 0 Å². The Kier molecular flexibility index (Phi) is 8.11. The van der Waals surface area contributed by atoms with E-state index in [4.69, 9.17) is 9.47 Å². The van der Waals surface area contributed by atoms with Gasteiger partial charge in [-0.15, -0.1) is 0 Å². The van der Waals surface area contributed by atoms with Crippen molar-refractivity contribution in [3.05, 3.63) is 53.6 Å². The summed E-state index contributed by atoms with van der Waals surface area (Å²) in [5.41, 5.74) is 2.48. The molecule has 0 unspecified atom stereocenters. The van der Waals surface area contributed by atoms with Crippen molar-refractivity contribution in [3.8, 4) is 11.5 Å². The number of ether oxygens (including phenoxy) is 2. The zero-order chi connectivity index (χ0) is 22.3. The largest absolute Gasteiger partial charge is 0.497 e. The maximum absolute atomic E-state index is 12.8. The standard InChI is InChI=1S/C22H30N2O5S/c1-6-20(24(30(5,26)27)18-8-7-9-19(15-18)28-4)22(25)23-12-13-29-21-14-16(2)10-11-17(21)3/h7-11,14-15,20H,6,12-13H2,1-5H3,(H,23,25)/t20-/m0/s1. The SMILES string of the molecule is CC[C@@H](C(=O)NCCOc1cc(C)ccc1C)N(c1cccc(OC)c1)S(C)(=O)=O. The third kappa shape index (κ3) is 6.13. The Bertz CT molecular complexity index is 975. The van der Waals surface area contributed by atoms with Crippen LogP contribution in [0.3, 0.4) is 0 Å². The number of benzene rings is 2. The maximum atomic E-state index is 12.8. The fraction of sp³-hybridized carbons (Fsp3) is 0.409. The van der Waals surface area contributed by atoms with E-state index in [0.29, 0.717) is 17.9 Å². The molecule has 7 nitrogen and oxygen atoms in total. The predicted molar refractivity (Wildman–Crippen MR) is 119 cm³/mol. The number of rotatable bonds is 10. The van der Waals surface area contributed by atoms with E-state index in [1.807, 2.05) is 32.0 Å². The van der Waals surface area contributed by atoms with Crippen LogP contribution in [0, 0.1) is 13.8 Å². The summed E-state index contributed by atoms with van der Waals surface area (Å²) in [5.74, 6) is 0.902. The van der Waals surface area contributed by atoms with E-state index >= 15 is 0 Å². The molecule has 2 aromatic carbocycles. The number of sulfonamides is 1. The van der Waals surface area contributed by atoms with Gasteiger partial charge in [0.1, 0.15) is 24.1 Å². The Hall–Kier alpha value is -2.74. The fourth-order valence-electron chi connectivity index (χ4n) is 3.12. The first-order valence-electron chi connectivity index (χ1n) is 9.78. The Morgan fingerprint density at radius 3 is 2.53 bits per heavy atom. The maximum Gasteiger partial charge on any atom is 0.244 e. The Labute approximate surface area is 179 Å².